The van der Waals surface area contributed by atoms with Crippen molar-refractivity contribution in [2.24, 2.45) is 9.98 Å². The molecule has 11 N–H and O–H groups in total. The van der Waals surface area contributed by atoms with Crippen molar-refractivity contribution in [2.75, 3.05) is 53.5 Å². The Labute approximate surface area is 547 Å². The van der Waals surface area contributed by atoms with Crippen molar-refractivity contribution in [3.05, 3.63) is 230 Å². The number of hydrogen-bond donors (Lipinski definition) is 10. The lowest BCUT2D eigenvalue weighted by Gasteiger charge is -2.18. The first-order valence-corrected chi connectivity index (χ1v) is 28.7. The highest BCUT2D eigenvalue weighted by Gasteiger charge is 2.37. The van der Waals surface area contributed by atoms with E-state index in [2.05, 4.69) is 77.7 Å². The van der Waals surface area contributed by atoms with E-state index in [1.165, 1.54) is 45.4 Å². The largest absolute Gasteiger partial charge is 0.419 e. The highest BCUT2D eigenvalue weighted by molar-refractivity contribution is 6.29. The molecule has 10 aromatic rings. The fraction of sp³-hybridized carbons (Fsp3) is 0.123. The Balaban J connectivity index is 0.000000160. The van der Waals surface area contributed by atoms with Crippen LogP contribution in [0, 0.1) is 17.5 Å². The summed E-state index contributed by atoms with van der Waals surface area (Å²) < 4.78 is 161. The summed E-state index contributed by atoms with van der Waals surface area (Å²) in [6, 6.07) is 29.4. The van der Waals surface area contributed by atoms with E-state index in [9.17, 15) is 67.1 Å². The van der Waals surface area contributed by atoms with E-state index in [0.717, 1.165) is 87.4 Å². The summed E-state index contributed by atoms with van der Waals surface area (Å²) in [5, 5.41) is 28.2. The van der Waals surface area contributed by atoms with Crippen LogP contribution in [-0.4, -0.2) is 76.4 Å². The minimum absolute atomic E-state index is 0.00137. The fourth-order valence-corrected chi connectivity index (χ4v) is 9.52. The molecule has 2 aliphatic heterocycles. The maximum absolute atomic E-state index is 13.6. The Morgan fingerprint density at radius 1 is 0.454 bits per heavy atom. The van der Waals surface area contributed by atoms with Gasteiger partial charge in [0.25, 0.3) is 17.7 Å². The predicted molar refractivity (Wildman–Crippen MR) is 344 cm³/mol. The van der Waals surface area contributed by atoms with Crippen LogP contribution in [0.5, 0.6) is 0 Å². The number of nitrogens with two attached hydrogens (primary N) is 1. The smallest absolute Gasteiger partial charge is 0.399 e. The van der Waals surface area contributed by atoms with Gasteiger partial charge in [0.05, 0.1) is 92.3 Å². The Kier molecular flexibility index (Phi) is 21.3. The van der Waals surface area contributed by atoms with Crippen LogP contribution in [0.3, 0.4) is 0 Å². The van der Waals surface area contributed by atoms with Crippen molar-refractivity contribution >= 4 is 115 Å². The first-order chi connectivity index (χ1) is 46.1. The number of fused-ring (bicyclic) bond motifs is 3. The fourth-order valence-electron chi connectivity index (χ4n) is 9.36. The van der Waals surface area contributed by atoms with Gasteiger partial charge in [0.2, 0.25) is 0 Å². The molecular weight excluding hydrogens is 1320 g/mol. The van der Waals surface area contributed by atoms with E-state index < -0.39 is 76.1 Å². The number of nitrogens with zero attached hydrogens (tertiary/aromatic N) is 6. The number of anilines is 11. The SMILES string of the molecule is CNC(=O)c1cc(F)ccc1Nc1cc(Cl)ncc1C(F)(F)F.CNC(=O)c1cc(F)ccc1Nc1cc(Nc2ccc3c(c2)C=NC3)ncc1C(F)(F)F.CNC(=O)c1cc(F)ccc1Nc1cc(Nc2ccc3c(c2)C=NC3)ncc1C(F)(F)F.Nc1ccc2[nH]ncc2c1. The minimum Gasteiger partial charge on any atom is -0.399 e. The topological polar surface area (TPSA) is 266 Å². The molecule has 6 aromatic carbocycles. The number of halogens is 13. The van der Waals surface area contributed by atoms with Crippen LogP contribution >= 0.6 is 11.6 Å². The number of benzene rings is 6. The molecule has 97 heavy (non-hydrogen) atoms. The van der Waals surface area contributed by atoms with Gasteiger partial charge in [-0.25, -0.2) is 28.1 Å². The van der Waals surface area contributed by atoms with Crippen LogP contribution in [0.1, 0.15) is 70.0 Å². The molecular formula is C65H51ClF12N16O3. The van der Waals surface area contributed by atoms with E-state index in [1.807, 2.05) is 42.5 Å². The van der Waals surface area contributed by atoms with Crippen molar-refractivity contribution in [1.82, 2.24) is 41.1 Å². The van der Waals surface area contributed by atoms with Gasteiger partial charge in [-0.15, -0.1) is 0 Å². The molecule has 0 spiro atoms. The first kappa shape index (κ1) is 69.6. The molecule has 32 heteroatoms. The summed E-state index contributed by atoms with van der Waals surface area (Å²) in [5.74, 6) is -3.72. The van der Waals surface area contributed by atoms with E-state index >= 15 is 0 Å². The van der Waals surface area contributed by atoms with Gasteiger partial charge in [-0.2, -0.15) is 44.6 Å². The van der Waals surface area contributed by atoms with Crippen molar-refractivity contribution in [3.63, 3.8) is 0 Å². The molecule has 0 unspecified atom stereocenters. The second-order valence-corrected chi connectivity index (χ2v) is 21.1. The lowest BCUT2D eigenvalue weighted by Crippen LogP contribution is -2.20. The van der Waals surface area contributed by atoms with Crippen molar-refractivity contribution < 1.29 is 67.1 Å². The average molecular weight is 1370 g/mol. The molecule has 2 aliphatic rings. The Bertz CT molecular complexity index is 4470. The number of rotatable bonds is 13. The quantitative estimate of drug-likeness (QED) is 0.0293. The lowest BCUT2D eigenvalue weighted by molar-refractivity contribution is -0.138. The molecule has 3 amide bonds. The van der Waals surface area contributed by atoms with Crippen molar-refractivity contribution in [3.8, 4) is 0 Å². The van der Waals surface area contributed by atoms with E-state index in [-0.39, 0.29) is 61.9 Å². The minimum atomic E-state index is -4.70. The number of hydrogen-bond acceptors (Lipinski definition) is 15. The Morgan fingerprint density at radius 3 is 1.24 bits per heavy atom. The summed E-state index contributed by atoms with van der Waals surface area (Å²) in [7, 11) is 4.00. The van der Waals surface area contributed by atoms with Gasteiger partial charge in [-0.1, -0.05) is 23.7 Å². The molecule has 12 rings (SSSR count). The number of nitrogens with one attached hydrogen (secondary N) is 9. The number of amides is 3. The van der Waals surface area contributed by atoms with Crippen LogP contribution in [0.4, 0.5) is 116 Å². The van der Waals surface area contributed by atoms with Gasteiger partial charge in [0, 0.05) is 86.7 Å². The van der Waals surface area contributed by atoms with E-state index in [4.69, 9.17) is 17.3 Å². The Hall–Kier alpha value is -11.8. The molecule has 0 saturated carbocycles. The zero-order chi connectivity index (χ0) is 69.9. The van der Waals surface area contributed by atoms with Crippen molar-refractivity contribution in [1.29, 1.82) is 0 Å². The number of carbonyl (C=O) groups is 3. The third-order valence-electron chi connectivity index (χ3n) is 14.0. The number of nitrogen functional groups attached to an aromatic ring is 1. The number of aliphatic imine (C=N–C) groups is 2. The highest BCUT2D eigenvalue weighted by atomic mass is 35.5. The second kappa shape index (κ2) is 29.7. The molecule has 0 aliphatic carbocycles. The van der Waals surface area contributed by atoms with Gasteiger partial charge < -0.3 is 48.3 Å². The number of aromatic amines is 1. The molecule has 0 fully saturated rings. The summed E-state index contributed by atoms with van der Waals surface area (Å²) in [4.78, 5) is 55.4. The molecule has 0 saturated heterocycles. The average Bonchev–Trinajstić information content (AvgIpc) is 1.59. The van der Waals surface area contributed by atoms with Crippen molar-refractivity contribution in [2.45, 2.75) is 31.6 Å². The Morgan fingerprint density at radius 2 is 0.845 bits per heavy atom. The number of aromatic nitrogens is 5. The molecule has 0 atom stereocenters. The number of alkyl halides is 9. The lowest BCUT2D eigenvalue weighted by atomic mass is 10.1. The van der Waals surface area contributed by atoms with Gasteiger partial charge in [0.15, 0.2) is 0 Å². The van der Waals surface area contributed by atoms with Crippen LogP contribution in [-0.2, 0) is 31.6 Å². The number of H-pyrrole nitrogens is 1. The van der Waals surface area contributed by atoms with Crippen LogP contribution in [0.25, 0.3) is 10.9 Å². The first-order valence-electron chi connectivity index (χ1n) is 28.3. The highest BCUT2D eigenvalue weighted by Crippen LogP contribution is 2.41. The monoisotopic (exact) mass is 1370 g/mol. The maximum Gasteiger partial charge on any atom is 0.419 e. The molecule has 0 radical (unpaired) electrons. The summed E-state index contributed by atoms with van der Waals surface area (Å²) >= 11 is 5.63. The summed E-state index contributed by atoms with van der Waals surface area (Å²) in [6.45, 7) is 1.18. The standard InChI is InChI=1S/2C22H17F4N5O.C14H10ClF4N3O.C7H7N3/c2*1-27-21(32)16-7-14(23)3-5-18(16)31-19-8-20(29-11-17(19)22(24,25)26)30-15-4-2-12-9-28-10-13(12)6-15;1-20-13(23)8-4-7(16)2-3-10(8)22-11-5-12(15)21-6-9(11)14(17,18)19;8-6-1-2-7-5(3-6)4-9-10-7/h2*2-8,10-11H,9H2,1H3,(H,27,32)(H2,29,30,31);2-6H,1H3,(H,20,23)(H,21,22);1-4H,8H2,(H,9,10). The summed E-state index contributed by atoms with van der Waals surface area (Å²) in [6.07, 6.45) is -6.90. The van der Waals surface area contributed by atoms with Gasteiger partial charge in [0.1, 0.15) is 34.2 Å². The zero-order valence-electron chi connectivity index (χ0n) is 50.4. The third kappa shape index (κ3) is 17.7. The van der Waals surface area contributed by atoms with Gasteiger partial charge >= 0.3 is 18.5 Å². The second-order valence-electron chi connectivity index (χ2n) is 20.7. The molecule has 4 aromatic heterocycles. The molecule has 19 nitrogen and oxygen atoms in total. The molecule has 0 bridgehead atoms. The summed E-state index contributed by atoms with van der Waals surface area (Å²) in [5.41, 5.74) is 7.95. The predicted octanol–water partition coefficient (Wildman–Crippen LogP) is 15.2. The maximum atomic E-state index is 13.6. The van der Waals surface area contributed by atoms with E-state index in [1.54, 1.807) is 30.8 Å². The van der Waals surface area contributed by atoms with Crippen LogP contribution in [0.15, 0.2) is 162 Å². The molecule has 6 heterocycles. The molecule has 500 valence electrons. The van der Waals surface area contributed by atoms with Gasteiger partial charge in [-0.3, -0.25) is 29.5 Å². The van der Waals surface area contributed by atoms with Crippen LogP contribution in [0.2, 0.25) is 5.15 Å². The van der Waals surface area contributed by atoms with Gasteiger partial charge in [-0.05, 0) is 125 Å². The van der Waals surface area contributed by atoms with Crippen LogP contribution < -0.4 is 48.3 Å². The normalized spacial score (nSPS) is 11.9. The zero-order valence-corrected chi connectivity index (χ0v) is 51.2. The third-order valence-corrected chi connectivity index (χ3v) is 14.3. The number of pyridine rings is 3. The number of carbonyl (C=O) groups excluding carboxylic acids is 3. The van der Waals surface area contributed by atoms with E-state index in [0.29, 0.717) is 43.1 Å².